The summed E-state index contributed by atoms with van der Waals surface area (Å²) >= 11 is 0. The summed E-state index contributed by atoms with van der Waals surface area (Å²) in [7, 11) is 1.79. The third kappa shape index (κ3) is 2.46. The Balaban J connectivity index is 2.73. The normalized spacial score (nSPS) is 24.6. The molecule has 0 spiro atoms. The van der Waals surface area contributed by atoms with Crippen molar-refractivity contribution in [2.75, 3.05) is 0 Å². The van der Waals surface area contributed by atoms with Crippen LogP contribution in [0.15, 0.2) is 30.3 Å². The number of benzene rings is 1. The minimum Gasteiger partial charge on any atom is -0.362 e. The molecule has 1 aliphatic carbocycles. The summed E-state index contributed by atoms with van der Waals surface area (Å²) in [5.74, 6) is 0. The van der Waals surface area contributed by atoms with Crippen LogP contribution in [0, 0.1) is 0 Å². The first-order valence-electron chi connectivity index (χ1n) is 6.23. The van der Waals surface area contributed by atoms with Gasteiger partial charge in [0.2, 0.25) is 4.75 Å². The standard InChI is InChI=1S/C13H15ClN2O2S/c14-19(17,18)13(11-7-3-1-4-8-11)10-6-2-5-9-12(13)16-15/h1,3-4,7-8H,2,5-6,9-10H2. The highest BCUT2D eigenvalue weighted by Gasteiger charge is 2.54. The fourth-order valence-corrected chi connectivity index (χ4v) is 4.74. The Hall–Kier alpha value is -1.16. The zero-order valence-corrected chi connectivity index (χ0v) is 12.0. The highest BCUT2D eigenvalue weighted by Crippen LogP contribution is 2.42. The van der Waals surface area contributed by atoms with Crippen molar-refractivity contribution < 1.29 is 13.2 Å². The summed E-state index contributed by atoms with van der Waals surface area (Å²) in [5, 5.41) is 0. The van der Waals surface area contributed by atoms with Gasteiger partial charge in [-0.3, -0.25) is 0 Å². The van der Waals surface area contributed by atoms with Crippen LogP contribution in [0.2, 0.25) is 0 Å². The molecule has 0 radical (unpaired) electrons. The second kappa shape index (κ2) is 5.45. The first-order valence-corrected chi connectivity index (χ1v) is 8.54. The minimum absolute atomic E-state index is 0.242. The summed E-state index contributed by atoms with van der Waals surface area (Å²) in [4.78, 5) is 3.26. The fourth-order valence-electron chi connectivity index (χ4n) is 2.74. The molecule has 0 aliphatic heterocycles. The van der Waals surface area contributed by atoms with Crippen LogP contribution < -0.4 is 0 Å². The molecule has 1 aliphatic rings. The molecule has 102 valence electrons. The van der Waals surface area contributed by atoms with Gasteiger partial charge >= 0.3 is 0 Å². The quantitative estimate of drug-likeness (QED) is 0.364. The Labute approximate surface area is 117 Å². The van der Waals surface area contributed by atoms with Crippen molar-refractivity contribution in [1.82, 2.24) is 0 Å². The van der Waals surface area contributed by atoms with Crippen molar-refractivity contribution in [3.8, 4) is 0 Å². The highest BCUT2D eigenvalue weighted by molar-refractivity contribution is 8.15. The predicted molar refractivity (Wildman–Crippen MR) is 74.6 cm³/mol. The van der Waals surface area contributed by atoms with Crippen LogP contribution in [0.5, 0.6) is 0 Å². The van der Waals surface area contributed by atoms with E-state index in [0.29, 0.717) is 18.4 Å². The zero-order chi connectivity index (χ0) is 13.9. The largest absolute Gasteiger partial charge is 0.362 e. The minimum atomic E-state index is -3.94. The molecular weight excluding hydrogens is 284 g/mol. The smallest absolute Gasteiger partial charge is 0.295 e. The van der Waals surface area contributed by atoms with Gasteiger partial charge in [-0.1, -0.05) is 43.2 Å². The molecule has 1 saturated carbocycles. The van der Waals surface area contributed by atoms with Crippen molar-refractivity contribution in [2.24, 2.45) is 0 Å². The third-order valence-electron chi connectivity index (χ3n) is 3.69. The van der Waals surface area contributed by atoms with Crippen LogP contribution in [-0.4, -0.2) is 18.9 Å². The molecule has 0 bridgehead atoms. The topological polar surface area (TPSA) is 70.5 Å². The van der Waals surface area contributed by atoms with Crippen LogP contribution in [-0.2, 0) is 13.8 Å². The predicted octanol–water partition coefficient (Wildman–Crippen LogP) is 3.09. The first kappa shape index (κ1) is 14.3. The number of hydrogen-bond acceptors (Lipinski definition) is 2. The Morgan fingerprint density at radius 2 is 1.84 bits per heavy atom. The van der Waals surface area contributed by atoms with Crippen LogP contribution in [0.3, 0.4) is 0 Å². The average Bonchev–Trinajstić information content (AvgIpc) is 2.61. The summed E-state index contributed by atoms with van der Waals surface area (Å²) in [6.07, 6.45) is 3.24. The van der Waals surface area contributed by atoms with E-state index in [1.165, 1.54) is 0 Å². The lowest BCUT2D eigenvalue weighted by Crippen LogP contribution is -2.41. The van der Waals surface area contributed by atoms with Crippen molar-refractivity contribution in [3.05, 3.63) is 41.4 Å². The number of nitrogens with zero attached hydrogens (tertiary/aromatic N) is 2. The lowest BCUT2D eigenvalue weighted by molar-refractivity contribution is -0.0146. The van der Waals surface area contributed by atoms with Gasteiger partial charge in [-0.05, 0) is 18.4 Å². The molecule has 0 aromatic heterocycles. The maximum absolute atomic E-state index is 12.2. The van der Waals surface area contributed by atoms with Gasteiger partial charge in [0.25, 0.3) is 14.8 Å². The van der Waals surface area contributed by atoms with Gasteiger partial charge in [0.05, 0.1) is 0 Å². The molecule has 6 heteroatoms. The SMILES string of the molecule is [N-]=[N+]=C1CCCCCC1(c1ccccc1)S(=O)(=O)Cl. The lowest BCUT2D eigenvalue weighted by atomic mass is 9.89. The van der Waals surface area contributed by atoms with Gasteiger partial charge in [0.15, 0.2) is 0 Å². The van der Waals surface area contributed by atoms with E-state index in [1.807, 2.05) is 6.07 Å². The molecule has 1 atom stereocenters. The van der Waals surface area contributed by atoms with Gasteiger partial charge in [0.1, 0.15) is 0 Å². The maximum Gasteiger partial charge on any atom is 0.295 e. The Morgan fingerprint density at radius 3 is 2.42 bits per heavy atom. The van der Waals surface area contributed by atoms with Crippen LogP contribution in [0.25, 0.3) is 5.53 Å². The Morgan fingerprint density at radius 1 is 1.16 bits per heavy atom. The molecule has 1 aromatic carbocycles. The average molecular weight is 299 g/mol. The lowest BCUT2D eigenvalue weighted by Gasteiger charge is -2.25. The van der Waals surface area contributed by atoms with E-state index < -0.39 is 13.8 Å². The van der Waals surface area contributed by atoms with Crippen LogP contribution in [0.4, 0.5) is 0 Å². The van der Waals surface area contributed by atoms with E-state index >= 15 is 0 Å². The van der Waals surface area contributed by atoms with Crippen molar-refractivity contribution in [2.45, 2.75) is 36.9 Å². The molecule has 0 heterocycles. The molecule has 0 saturated heterocycles. The monoisotopic (exact) mass is 298 g/mol. The number of hydrogen-bond donors (Lipinski definition) is 0. The molecule has 0 N–H and O–H groups in total. The maximum atomic E-state index is 12.2. The van der Waals surface area contributed by atoms with Gasteiger partial charge < -0.3 is 5.53 Å². The number of halogens is 1. The van der Waals surface area contributed by atoms with Gasteiger partial charge in [-0.25, -0.2) is 8.42 Å². The van der Waals surface area contributed by atoms with Gasteiger partial charge in [-0.2, -0.15) is 4.79 Å². The molecular formula is C13H15ClN2O2S. The second-order valence-corrected chi connectivity index (χ2v) is 7.53. The van der Waals surface area contributed by atoms with Crippen LogP contribution in [0.1, 0.15) is 37.7 Å². The van der Waals surface area contributed by atoms with E-state index in [1.54, 1.807) is 24.3 Å². The van der Waals surface area contributed by atoms with E-state index in [0.717, 1.165) is 19.3 Å². The summed E-state index contributed by atoms with van der Waals surface area (Å²) in [6.45, 7) is 0. The molecule has 1 aromatic rings. The molecule has 1 fully saturated rings. The molecule has 2 rings (SSSR count). The van der Waals surface area contributed by atoms with E-state index in [4.69, 9.17) is 10.7 Å². The first-order chi connectivity index (χ1) is 9.02. The highest BCUT2D eigenvalue weighted by atomic mass is 35.7. The van der Waals surface area contributed by atoms with E-state index in [2.05, 4.69) is 4.79 Å². The van der Waals surface area contributed by atoms with E-state index in [-0.39, 0.29) is 5.71 Å². The number of rotatable bonds is 2. The molecule has 1 unspecified atom stereocenters. The van der Waals surface area contributed by atoms with E-state index in [9.17, 15) is 13.9 Å². The molecule has 0 amide bonds. The molecule has 4 nitrogen and oxygen atoms in total. The second-order valence-electron chi connectivity index (χ2n) is 4.74. The zero-order valence-electron chi connectivity index (χ0n) is 10.4. The summed E-state index contributed by atoms with van der Waals surface area (Å²) in [6, 6.07) is 8.77. The summed E-state index contributed by atoms with van der Waals surface area (Å²) < 4.78 is 23.0. The Kier molecular flexibility index (Phi) is 4.09. The van der Waals surface area contributed by atoms with Gasteiger partial charge in [0, 0.05) is 17.1 Å². The summed E-state index contributed by atoms with van der Waals surface area (Å²) in [5.41, 5.74) is 10.1. The molecule has 19 heavy (non-hydrogen) atoms. The van der Waals surface area contributed by atoms with Crippen molar-refractivity contribution in [3.63, 3.8) is 0 Å². The van der Waals surface area contributed by atoms with Gasteiger partial charge in [-0.15, -0.1) is 0 Å². The van der Waals surface area contributed by atoms with Crippen molar-refractivity contribution in [1.29, 1.82) is 0 Å². The van der Waals surface area contributed by atoms with Crippen LogP contribution >= 0.6 is 10.7 Å². The van der Waals surface area contributed by atoms with Crippen molar-refractivity contribution >= 4 is 25.4 Å². The Bertz CT molecular complexity index is 609. The third-order valence-corrected chi connectivity index (χ3v) is 5.98. The fraction of sp³-hybridized carbons (Fsp3) is 0.462.